The van der Waals surface area contributed by atoms with Gasteiger partial charge in [0, 0.05) is 25.3 Å². The van der Waals surface area contributed by atoms with E-state index in [9.17, 15) is 0 Å². The van der Waals surface area contributed by atoms with Gasteiger partial charge < -0.3 is 21.1 Å². The van der Waals surface area contributed by atoms with Gasteiger partial charge in [0.15, 0.2) is 0 Å². The highest BCUT2D eigenvalue weighted by Crippen LogP contribution is 2.29. The van der Waals surface area contributed by atoms with Crippen LogP contribution in [0.25, 0.3) is 6.08 Å². The summed E-state index contributed by atoms with van der Waals surface area (Å²) in [6, 6.07) is 6.09. The van der Waals surface area contributed by atoms with E-state index in [0.29, 0.717) is 5.70 Å². The van der Waals surface area contributed by atoms with Crippen LogP contribution in [0.2, 0.25) is 0 Å². The van der Waals surface area contributed by atoms with Gasteiger partial charge in [0.05, 0.1) is 12.8 Å². The molecule has 1 atom stereocenters. The van der Waals surface area contributed by atoms with Crippen LogP contribution in [0, 0.1) is 0 Å². The number of likely N-dealkylation sites (N-methyl/N-ethyl adjacent to an activating group) is 1. The molecule has 0 aliphatic rings. The molecule has 4 nitrogen and oxygen atoms in total. The first-order valence-electron chi connectivity index (χ1n) is 6.21. The van der Waals surface area contributed by atoms with Crippen LogP contribution in [-0.4, -0.2) is 26.7 Å². The van der Waals surface area contributed by atoms with E-state index in [-0.39, 0.29) is 6.04 Å². The van der Waals surface area contributed by atoms with Crippen LogP contribution in [0.15, 0.2) is 36.6 Å². The molecule has 0 saturated carbocycles. The van der Waals surface area contributed by atoms with E-state index in [4.69, 9.17) is 16.2 Å². The Labute approximate surface area is 115 Å². The lowest BCUT2D eigenvalue weighted by Gasteiger charge is -2.23. The molecule has 19 heavy (non-hydrogen) atoms. The summed E-state index contributed by atoms with van der Waals surface area (Å²) in [5.41, 5.74) is 13.9. The van der Waals surface area contributed by atoms with Crippen molar-refractivity contribution in [3.8, 4) is 5.75 Å². The highest BCUT2D eigenvalue weighted by molar-refractivity contribution is 5.65. The van der Waals surface area contributed by atoms with Crippen LogP contribution in [0.4, 0.5) is 5.69 Å². The third-order valence-corrected chi connectivity index (χ3v) is 2.67. The van der Waals surface area contributed by atoms with Crippen LogP contribution in [-0.2, 0) is 0 Å². The second-order valence-electron chi connectivity index (χ2n) is 4.70. The summed E-state index contributed by atoms with van der Waals surface area (Å²) in [4.78, 5) is 2.08. The summed E-state index contributed by atoms with van der Waals surface area (Å²) < 4.78 is 5.43. The molecule has 1 unspecified atom stereocenters. The predicted molar refractivity (Wildman–Crippen MR) is 82.3 cm³/mol. The zero-order valence-electron chi connectivity index (χ0n) is 11.9. The minimum atomic E-state index is 0.106. The Bertz CT molecular complexity index is 466. The molecule has 4 N–H and O–H groups in total. The van der Waals surface area contributed by atoms with Crippen molar-refractivity contribution in [2.24, 2.45) is 11.5 Å². The summed E-state index contributed by atoms with van der Waals surface area (Å²) in [7, 11) is 3.66. The molecule has 0 aromatic heterocycles. The van der Waals surface area contributed by atoms with E-state index in [0.717, 1.165) is 23.5 Å². The molecule has 1 rings (SSSR count). The van der Waals surface area contributed by atoms with Gasteiger partial charge in [0.2, 0.25) is 0 Å². The fraction of sp³-hybridized carbons (Fsp3) is 0.333. The maximum absolute atomic E-state index is 5.82. The van der Waals surface area contributed by atoms with Gasteiger partial charge in [0.1, 0.15) is 5.75 Å². The highest BCUT2D eigenvalue weighted by Gasteiger charge is 2.09. The maximum Gasteiger partial charge on any atom is 0.142 e. The summed E-state index contributed by atoms with van der Waals surface area (Å²) in [5, 5.41) is 0. The molecule has 1 aromatic rings. The van der Waals surface area contributed by atoms with Gasteiger partial charge in [-0.3, -0.25) is 0 Å². The highest BCUT2D eigenvalue weighted by atomic mass is 16.5. The van der Waals surface area contributed by atoms with Crippen molar-refractivity contribution in [3.63, 3.8) is 0 Å². The van der Waals surface area contributed by atoms with Gasteiger partial charge >= 0.3 is 0 Å². The van der Waals surface area contributed by atoms with Crippen molar-refractivity contribution in [1.82, 2.24) is 0 Å². The number of hydrogen-bond donors (Lipinski definition) is 2. The standard InChI is InChI=1S/C15H23N3O/c1-11(16)5-6-13-7-8-14(15(9-13)19-4)18(3)10-12(2)17/h5-9,12H,1,10,16-17H2,2-4H3/b6-5+. The van der Waals surface area contributed by atoms with Crippen molar-refractivity contribution >= 4 is 11.8 Å². The Morgan fingerprint density at radius 1 is 1.53 bits per heavy atom. The Kier molecular flexibility index (Phi) is 5.45. The van der Waals surface area contributed by atoms with E-state index in [2.05, 4.69) is 11.5 Å². The average Bonchev–Trinajstić information content (AvgIpc) is 2.35. The topological polar surface area (TPSA) is 64.5 Å². The third kappa shape index (κ3) is 4.67. The van der Waals surface area contributed by atoms with Crippen LogP contribution < -0.4 is 21.1 Å². The normalized spacial score (nSPS) is 12.4. The molecule has 0 saturated heterocycles. The predicted octanol–water partition coefficient (Wildman–Crippen LogP) is 1.96. The largest absolute Gasteiger partial charge is 0.495 e. The van der Waals surface area contributed by atoms with Gasteiger partial charge in [-0.1, -0.05) is 18.7 Å². The molecule has 0 spiro atoms. The molecule has 1 aromatic carbocycles. The minimum absolute atomic E-state index is 0.106. The molecule has 0 bridgehead atoms. The van der Waals surface area contributed by atoms with Crippen molar-refractivity contribution in [1.29, 1.82) is 0 Å². The number of benzene rings is 1. The van der Waals surface area contributed by atoms with Crippen LogP contribution in [0.5, 0.6) is 5.75 Å². The number of allylic oxidation sites excluding steroid dienone is 1. The van der Waals surface area contributed by atoms with E-state index in [1.807, 2.05) is 38.2 Å². The van der Waals surface area contributed by atoms with Gasteiger partial charge in [-0.15, -0.1) is 0 Å². The second kappa shape index (κ2) is 6.85. The zero-order valence-corrected chi connectivity index (χ0v) is 11.9. The number of hydrogen-bond acceptors (Lipinski definition) is 4. The van der Waals surface area contributed by atoms with Crippen molar-refractivity contribution in [3.05, 3.63) is 42.1 Å². The van der Waals surface area contributed by atoms with E-state index >= 15 is 0 Å². The maximum atomic E-state index is 5.82. The van der Waals surface area contributed by atoms with Crippen molar-refractivity contribution in [2.75, 3.05) is 25.6 Å². The van der Waals surface area contributed by atoms with Gasteiger partial charge in [-0.25, -0.2) is 0 Å². The Morgan fingerprint density at radius 3 is 2.74 bits per heavy atom. The number of ether oxygens (including phenoxy) is 1. The monoisotopic (exact) mass is 261 g/mol. The number of nitrogens with zero attached hydrogens (tertiary/aromatic N) is 1. The summed E-state index contributed by atoms with van der Waals surface area (Å²) in [6.45, 7) is 6.38. The molecular formula is C15H23N3O. The van der Waals surface area contributed by atoms with E-state index < -0.39 is 0 Å². The molecule has 4 heteroatoms. The van der Waals surface area contributed by atoms with Crippen molar-refractivity contribution < 1.29 is 4.74 Å². The van der Waals surface area contributed by atoms with Crippen LogP contribution >= 0.6 is 0 Å². The second-order valence-corrected chi connectivity index (χ2v) is 4.70. The molecule has 0 aliphatic heterocycles. The fourth-order valence-electron chi connectivity index (χ4n) is 1.85. The van der Waals surface area contributed by atoms with Gasteiger partial charge in [-0.2, -0.15) is 0 Å². The Balaban J connectivity index is 2.99. The SMILES string of the molecule is C=C(N)/C=C/c1ccc(N(C)CC(C)N)c(OC)c1. The molecule has 0 amide bonds. The Hall–Kier alpha value is -1.94. The quantitative estimate of drug-likeness (QED) is 0.768. The molecule has 0 radical (unpaired) electrons. The first-order valence-corrected chi connectivity index (χ1v) is 6.21. The zero-order chi connectivity index (χ0) is 14.4. The molecular weight excluding hydrogens is 238 g/mol. The number of anilines is 1. The van der Waals surface area contributed by atoms with E-state index in [1.54, 1.807) is 13.2 Å². The van der Waals surface area contributed by atoms with Crippen LogP contribution in [0.1, 0.15) is 12.5 Å². The summed E-state index contributed by atoms with van der Waals surface area (Å²) in [5.74, 6) is 0.813. The third-order valence-electron chi connectivity index (χ3n) is 2.67. The smallest absolute Gasteiger partial charge is 0.142 e. The lowest BCUT2D eigenvalue weighted by Crippen LogP contribution is -2.32. The fourth-order valence-corrected chi connectivity index (χ4v) is 1.85. The average molecular weight is 261 g/mol. The van der Waals surface area contributed by atoms with Crippen LogP contribution in [0.3, 0.4) is 0 Å². The minimum Gasteiger partial charge on any atom is -0.495 e. The molecule has 0 fully saturated rings. The van der Waals surface area contributed by atoms with Crippen molar-refractivity contribution in [2.45, 2.75) is 13.0 Å². The van der Waals surface area contributed by atoms with E-state index in [1.165, 1.54) is 0 Å². The number of rotatable bonds is 6. The summed E-state index contributed by atoms with van der Waals surface area (Å²) >= 11 is 0. The first-order chi connectivity index (χ1) is 8.93. The lowest BCUT2D eigenvalue weighted by molar-refractivity contribution is 0.414. The summed E-state index contributed by atoms with van der Waals surface area (Å²) in [6.07, 6.45) is 3.67. The van der Waals surface area contributed by atoms with Gasteiger partial charge in [-0.05, 0) is 30.7 Å². The Morgan fingerprint density at radius 2 is 2.21 bits per heavy atom. The first kappa shape index (κ1) is 15.1. The van der Waals surface area contributed by atoms with Gasteiger partial charge in [0.25, 0.3) is 0 Å². The number of nitrogens with two attached hydrogens (primary N) is 2. The molecule has 0 aliphatic carbocycles. The molecule has 104 valence electrons. The lowest BCUT2D eigenvalue weighted by atomic mass is 10.1. The molecule has 0 heterocycles. The number of methoxy groups -OCH3 is 1.